The summed E-state index contributed by atoms with van der Waals surface area (Å²) in [7, 11) is 3.43. The maximum absolute atomic E-state index is 12.2. The van der Waals surface area contributed by atoms with Crippen molar-refractivity contribution in [3.63, 3.8) is 0 Å². The van der Waals surface area contributed by atoms with E-state index < -0.39 is 0 Å². The molecule has 0 bridgehead atoms. The fourth-order valence-electron chi connectivity index (χ4n) is 2.33. The van der Waals surface area contributed by atoms with Crippen molar-refractivity contribution in [2.45, 2.75) is 5.16 Å². The molecule has 27 heavy (non-hydrogen) atoms. The lowest BCUT2D eigenvalue weighted by molar-refractivity contribution is -0.113. The van der Waals surface area contributed by atoms with Gasteiger partial charge in [-0.05, 0) is 42.5 Å². The molecule has 1 aromatic heterocycles. The molecule has 0 atom stereocenters. The van der Waals surface area contributed by atoms with Crippen LogP contribution in [-0.2, 0) is 11.8 Å². The highest BCUT2D eigenvalue weighted by Crippen LogP contribution is 2.29. The first kappa shape index (κ1) is 19.5. The molecule has 3 rings (SSSR count). The number of hydrogen-bond donors (Lipinski definition) is 1. The molecule has 0 aliphatic heterocycles. The van der Waals surface area contributed by atoms with Gasteiger partial charge in [0.05, 0.1) is 22.9 Å². The minimum Gasteiger partial charge on any atom is -0.497 e. The molecule has 0 radical (unpaired) electrons. The lowest BCUT2D eigenvalue weighted by Gasteiger charge is -2.07. The standard InChI is InChI=1S/C18H16Cl2N4O2S/c1-24-17(11-3-8-14(19)15(20)9-11)22-23-18(24)27-10-16(25)21-12-4-6-13(26-2)7-5-12/h3-9H,10H2,1-2H3,(H,21,25). The Labute approximate surface area is 170 Å². The highest BCUT2D eigenvalue weighted by atomic mass is 35.5. The summed E-state index contributed by atoms with van der Waals surface area (Å²) < 4.78 is 6.91. The van der Waals surface area contributed by atoms with Crippen LogP contribution in [0.1, 0.15) is 0 Å². The van der Waals surface area contributed by atoms with Crippen molar-refractivity contribution in [3.05, 3.63) is 52.5 Å². The molecule has 1 amide bonds. The number of aromatic nitrogens is 3. The number of rotatable bonds is 6. The molecular weight excluding hydrogens is 407 g/mol. The average molecular weight is 423 g/mol. The monoisotopic (exact) mass is 422 g/mol. The lowest BCUT2D eigenvalue weighted by atomic mass is 10.2. The molecule has 1 N–H and O–H groups in total. The topological polar surface area (TPSA) is 69.0 Å². The maximum atomic E-state index is 12.2. The summed E-state index contributed by atoms with van der Waals surface area (Å²) in [5.74, 6) is 1.45. The Hall–Kier alpha value is -2.22. The molecule has 2 aromatic carbocycles. The number of thioether (sulfide) groups is 1. The van der Waals surface area contributed by atoms with E-state index in [0.717, 1.165) is 11.3 Å². The third kappa shape index (κ3) is 4.74. The predicted molar refractivity (Wildman–Crippen MR) is 109 cm³/mol. The summed E-state index contributed by atoms with van der Waals surface area (Å²) in [5.41, 5.74) is 1.50. The molecule has 0 unspecified atom stereocenters. The second-order valence-electron chi connectivity index (χ2n) is 5.56. The molecule has 0 saturated heterocycles. The zero-order valence-electron chi connectivity index (χ0n) is 14.6. The first-order chi connectivity index (χ1) is 13.0. The van der Waals surface area contributed by atoms with E-state index in [9.17, 15) is 4.79 Å². The smallest absolute Gasteiger partial charge is 0.234 e. The summed E-state index contributed by atoms with van der Waals surface area (Å²) in [5, 5.41) is 12.7. The van der Waals surface area contributed by atoms with Crippen LogP contribution in [0.3, 0.4) is 0 Å². The number of benzene rings is 2. The number of amides is 1. The molecule has 3 aromatic rings. The van der Waals surface area contributed by atoms with Gasteiger partial charge >= 0.3 is 0 Å². The molecule has 6 nitrogen and oxygen atoms in total. The SMILES string of the molecule is COc1ccc(NC(=O)CSc2nnc(-c3ccc(Cl)c(Cl)c3)n2C)cc1. The van der Waals surface area contributed by atoms with Gasteiger partial charge in [-0.25, -0.2) is 0 Å². The number of ether oxygens (including phenoxy) is 1. The third-order valence-electron chi connectivity index (χ3n) is 3.72. The summed E-state index contributed by atoms with van der Waals surface area (Å²) in [6, 6.07) is 12.4. The Morgan fingerprint density at radius 3 is 2.56 bits per heavy atom. The average Bonchev–Trinajstić information content (AvgIpc) is 3.03. The number of methoxy groups -OCH3 is 1. The van der Waals surface area contributed by atoms with E-state index >= 15 is 0 Å². The van der Waals surface area contributed by atoms with Crippen molar-refractivity contribution >= 4 is 46.6 Å². The molecule has 0 aliphatic carbocycles. The lowest BCUT2D eigenvalue weighted by Crippen LogP contribution is -2.14. The fraction of sp³-hybridized carbons (Fsp3) is 0.167. The van der Waals surface area contributed by atoms with Crippen molar-refractivity contribution in [1.82, 2.24) is 14.8 Å². The quantitative estimate of drug-likeness (QED) is 0.590. The molecule has 1 heterocycles. The number of nitrogens with zero attached hydrogens (tertiary/aromatic N) is 3. The van der Waals surface area contributed by atoms with Gasteiger partial charge in [-0.2, -0.15) is 0 Å². The Morgan fingerprint density at radius 2 is 1.89 bits per heavy atom. The van der Waals surface area contributed by atoms with E-state index in [-0.39, 0.29) is 11.7 Å². The number of halogens is 2. The van der Waals surface area contributed by atoms with Crippen LogP contribution in [0.5, 0.6) is 5.75 Å². The Morgan fingerprint density at radius 1 is 1.15 bits per heavy atom. The van der Waals surface area contributed by atoms with Crippen molar-refractivity contribution in [3.8, 4) is 17.1 Å². The Balaban J connectivity index is 1.63. The number of anilines is 1. The minimum atomic E-state index is -0.135. The highest BCUT2D eigenvalue weighted by Gasteiger charge is 2.14. The summed E-state index contributed by atoms with van der Waals surface area (Å²) in [6.07, 6.45) is 0. The Bertz CT molecular complexity index is 960. The van der Waals surface area contributed by atoms with Crippen LogP contribution in [0.25, 0.3) is 11.4 Å². The number of carbonyl (C=O) groups excluding carboxylic acids is 1. The first-order valence-corrected chi connectivity index (χ1v) is 9.63. The van der Waals surface area contributed by atoms with Gasteiger partial charge in [-0.15, -0.1) is 10.2 Å². The van der Waals surface area contributed by atoms with E-state index in [1.807, 2.05) is 17.7 Å². The second kappa shape index (κ2) is 8.65. The van der Waals surface area contributed by atoms with Gasteiger partial charge < -0.3 is 14.6 Å². The van der Waals surface area contributed by atoms with Crippen molar-refractivity contribution in [2.24, 2.45) is 7.05 Å². The van der Waals surface area contributed by atoms with E-state index in [1.54, 1.807) is 43.5 Å². The van der Waals surface area contributed by atoms with Gasteiger partial charge in [-0.1, -0.05) is 35.0 Å². The molecule has 0 aliphatic rings. The van der Waals surface area contributed by atoms with Crippen molar-refractivity contribution < 1.29 is 9.53 Å². The molecular formula is C18H16Cl2N4O2S. The number of carbonyl (C=O) groups is 1. The van der Waals surface area contributed by atoms with Crippen LogP contribution < -0.4 is 10.1 Å². The van der Waals surface area contributed by atoms with Crippen LogP contribution in [-0.4, -0.2) is 33.5 Å². The van der Waals surface area contributed by atoms with Gasteiger partial charge in [0.25, 0.3) is 0 Å². The highest BCUT2D eigenvalue weighted by molar-refractivity contribution is 7.99. The fourth-order valence-corrected chi connectivity index (χ4v) is 3.34. The van der Waals surface area contributed by atoms with Gasteiger partial charge in [0, 0.05) is 18.3 Å². The Kier molecular flexibility index (Phi) is 6.26. The molecule has 140 valence electrons. The van der Waals surface area contributed by atoms with Crippen LogP contribution in [0.2, 0.25) is 10.0 Å². The maximum Gasteiger partial charge on any atom is 0.234 e. The molecule has 9 heteroatoms. The largest absolute Gasteiger partial charge is 0.497 e. The predicted octanol–water partition coefficient (Wildman–Crippen LogP) is 4.53. The molecule has 0 spiro atoms. The zero-order valence-corrected chi connectivity index (χ0v) is 16.9. The first-order valence-electron chi connectivity index (χ1n) is 7.89. The molecule has 0 saturated carbocycles. The van der Waals surface area contributed by atoms with Gasteiger partial charge in [0.15, 0.2) is 11.0 Å². The number of hydrogen-bond acceptors (Lipinski definition) is 5. The van der Waals surface area contributed by atoms with Crippen molar-refractivity contribution in [1.29, 1.82) is 0 Å². The van der Waals surface area contributed by atoms with E-state index in [4.69, 9.17) is 27.9 Å². The van der Waals surface area contributed by atoms with Crippen LogP contribution in [0.4, 0.5) is 5.69 Å². The van der Waals surface area contributed by atoms with Gasteiger partial charge in [0.1, 0.15) is 5.75 Å². The van der Waals surface area contributed by atoms with E-state index in [1.165, 1.54) is 11.8 Å². The summed E-state index contributed by atoms with van der Waals surface area (Å²) in [6.45, 7) is 0. The summed E-state index contributed by atoms with van der Waals surface area (Å²) >= 11 is 13.3. The third-order valence-corrected chi connectivity index (χ3v) is 5.48. The van der Waals surface area contributed by atoms with Crippen molar-refractivity contribution in [2.75, 3.05) is 18.2 Å². The normalized spacial score (nSPS) is 10.7. The van der Waals surface area contributed by atoms with Gasteiger partial charge in [-0.3, -0.25) is 4.79 Å². The minimum absolute atomic E-state index is 0.135. The number of nitrogens with one attached hydrogen (secondary N) is 1. The summed E-state index contributed by atoms with van der Waals surface area (Å²) in [4.78, 5) is 12.2. The van der Waals surface area contributed by atoms with E-state index in [0.29, 0.717) is 26.7 Å². The van der Waals surface area contributed by atoms with E-state index in [2.05, 4.69) is 15.5 Å². The molecule has 0 fully saturated rings. The van der Waals surface area contributed by atoms with Crippen LogP contribution in [0.15, 0.2) is 47.6 Å². The van der Waals surface area contributed by atoms with Crippen LogP contribution >= 0.6 is 35.0 Å². The second-order valence-corrected chi connectivity index (χ2v) is 7.32. The van der Waals surface area contributed by atoms with Crippen LogP contribution in [0, 0.1) is 0 Å². The van der Waals surface area contributed by atoms with Gasteiger partial charge in [0.2, 0.25) is 5.91 Å². The zero-order chi connectivity index (χ0) is 19.4.